The first-order valence-corrected chi connectivity index (χ1v) is 6.44. The Labute approximate surface area is 116 Å². The molecule has 0 saturated heterocycles. The normalized spacial score (nSPS) is 12.9. The predicted molar refractivity (Wildman–Crippen MR) is 78.3 cm³/mol. The molecule has 0 bridgehead atoms. The Morgan fingerprint density at radius 3 is 2.15 bits per heavy atom. The Kier molecular flexibility index (Phi) is 3.21. The van der Waals surface area contributed by atoms with Gasteiger partial charge >= 0.3 is 5.97 Å². The highest BCUT2D eigenvalue weighted by Gasteiger charge is 2.15. The number of hydrogen-bond donors (Lipinski definition) is 2. The Morgan fingerprint density at radius 1 is 1.00 bits per heavy atom. The molecular weight excluding hydrogens is 252 g/mol. The Bertz CT molecular complexity index is 648. The highest BCUT2D eigenvalue weighted by molar-refractivity contribution is 5.93. The fourth-order valence-corrected chi connectivity index (χ4v) is 2.31. The number of aromatic carboxylic acids is 1. The van der Waals surface area contributed by atoms with Gasteiger partial charge in [0.15, 0.2) is 0 Å². The molecule has 4 heteroatoms. The molecule has 2 N–H and O–H groups in total. The van der Waals surface area contributed by atoms with Crippen molar-refractivity contribution >= 4 is 17.4 Å². The van der Waals surface area contributed by atoms with Crippen molar-refractivity contribution < 1.29 is 9.90 Å². The topological polar surface area (TPSA) is 61.7 Å². The summed E-state index contributed by atoms with van der Waals surface area (Å²) in [7, 11) is 0. The standard InChI is InChI=1S/C16H14N2O2/c19-16(20)11-5-7-14(8-6-11)17-18-15-9-12-3-1-2-4-13(12)10-15/h1-8,17H,9-10H2,(H,19,20). The number of hydrazone groups is 1. The SMILES string of the molecule is O=C(O)c1ccc(NN=C2Cc3ccccc3C2)cc1. The molecule has 0 atom stereocenters. The maximum absolute atomic E-state index is 10.8. The molecule has 0 fully saturated rings. The summed E-state index contributed by atoms with van der Waals surface area (Å²) in [4.78, 5) is 10.8. The van der Waals surface area contributed by atoms with Gasteiger partial charge in [0.1, 0.15) is 0 Å². The van der Waals surface area contributed by atoms with Crippen molar-refractivity contribution in [1.29, 1.82) is 0 Å². The average molecular weight is 266 g/mol. The molecule has 3 rings (SSSR count). The first-order valence-electron chi connectivity index (χ1n) is 6.44. The zero-order valence-electron chi connectivity index (χ0n) is 10.8. The molecule has 2 aromatic carbocycles. The number of carboxylic acid groups (broad SMARTS) is 1. The van der Waals surface area contributed by atoms with Gasteiger partial charge in [-0.05, 0) is 35.4 Å². The van der Waals surface area contributed by atoms with E-state index in [4.69, 9.17) is 5.11 Å². The predicted octanol–water partition coefficient (Wildman–Crippen LogP) is 2.95. The second-order valence-electron chi connectivity index (χ2n) is 4.79. The molecule has 4 nitrogen and oxygen atoms in total. The lowest BCUT2D eigenvalue weighted by Gasteiger charge is -2.02. The van der Waals surface area contributed by atoms with Crippen LogP contribution in [0.3, 0.4) is 0 Å². The van der Waals surface area contributed by atoms with Crippen LogP contribution in [0, 0.1) is 0 Å². The van der Waals surface area contributed by atoms with Crippen LogP contribution < -0.4 is 5.43 Å². The lowest BCUT2D eigenvalue weighted by molar-refractivity contribution is 0.0697. The summed E-state index contributed by atoms with van der Waals surface area (Å²) in [5.74, 6) is -0.922. The van der Waals surface area contributed by atoms with Crippen LogP contribution in [0.15, 0.2) is 53.6 Å². The number of benzene rings is 2. The number of fused-ring (bicyclic) bond motifs is 1. The third-order valence-corrected chi connectivity index (χ3v) is 3.38. The van der Waals surface area contributed by atoms with Gasteiger partial charge in [0.2, 0.25) is 0 Å². The van der Waals surface area contributed by atoms with Crippen LogP contribution in [0.2, 0.25) is 0 Å². The van der Waals surface area contributed by atoms with Gasteiger partial charge in [-0.3, -0.25) is 5.43 Å². The summed E-state index contributed by atoms with van der Waals surface area (Å²) < 4.78 is 0. The van der Waals surface area contributed by atoms with E-state index in [9.17, 15) is 4.79 Å². The molecule has 20 heavy (non-hydrogen) atoms. The molecule has 0 aliphatic heterocycles. The lowest BCUT2D eigenvalue weighted by Crippen LogP contribution is -2.02. The summed E-state index contributed by atoms with van der Waals surface area (Å²) in [5, 5.41) is 13.2. The van der Waals surface area contributed by atoms with E-state index >= 15 is 0 Å². The van der Waals surface area contributed by atoms with Crippen molar-refractivity contribution in [3.05, 3.63) is 65.2 Å². The van der Waals surface area contributed by atoms with Gasteiger partial charge in [-0.1, -0.05) is 24.3 Å². The zero-order valence-corrected chi connectivity index (χ0v) is 10.8. The number of nitrogens with zero attached hydrogens (tertiary/aromatic N) is 1. The third-order valence-electron chi connectivity index (χ3n) is 3.38. The van der Waals surface area contributed by atoms with Gasteiger partial charge in [-0.15, -0.1) is 0 Å². The van der Waals surface area contributed by atoms with E-state index in [2.05, 4.69) is 22.7 Å². The largest absolute Gasteiger partial charge is 0.478 e. The molecule has 1 aliphatic rings. The fraction of sp³-hybridized carbons (Fsp3) is 0.125. The summed E-state index contributed by atoms with van der Waals surface area (Å²) in [5.41, 5.74) is 7.79. The van der Waals surface area contributed by atoms with E-state index in [1.54, 1.807) is 24.3 Å². The minimum Gasteiger partial charge on any atom is -0.478 e. The minimum atomic E-state index is -0.922. The summed E-state index contributed by atoms with van der Waals surface area (Å²) in [6.45, 7) is 0. The molecule has 0 aromatic heterocycles. The van der Waals surface area contributed by atoms with Crippen LogP contribution in [0.25, 0.3) is 0 Å². The van der Waals surface area contributed by atoms with Gasteiger partial charge in [0.05, 0.1) is 11.3 Å². The molecule has 100 valence electrons. The maximum Gasteiger partial charge on any atom is 0.335 e. The van der Waals surface area contributed by atoms with Crippen molar-refractivity contribution in [1.82, 2.24) is 0 Å². The monoisotopic (exact) mass is 266 g/mol. The first kappa shape index (κ1) is 12.4. The van der Waals surface area contributed by atoms with Gasteiger partial charge in [0, 0.05) is 18.6 Å². The van der Waals surface area contributed by atoms with Crippen LogP contribution >= 0.6 is 0 Å². The number of carboxylic acids is 1. The maximum atomic E-state index is 10.8. The van der Waals surface area contributed by atoms with E-state index in [0.29, 0.717) is 0 Å². The lowest BCUT2D eigenvalue weighted by atomic mass is 10.1. The number of nitrogens with one attached hydrogen (secondary N) is 1. The summed E-state index contributed by atoms with van der Waals surface area (Å²) in [6, 6.07) is 14.9. The molecular formula is C16H14N2O2. The molecule has 0 radical (unpaired) electrons. The minimum absolute atomic E-state index is 0.275. The van der Waals surface area contributed by atoms with Crippen LogP contribution in [0.1, 0.15) is 21.5 Å². The number of hydrogen-bond acceptors (Lipinski definition) is 3. The van der Waals surface area contributed by atoms with Crippen molar-refractivity contribution in [3.8, 4) is 0 Å². The fourth-order valence-electron chi connectivity index (χ4n) is 2.31. The van der Waals surface area contributed by atoms with E-state index in [1.807, 2.05) is 12.1 Å². The van der Waals surface area contributed by atoms with Crippen molar-refractivity contribution in [2.24, 2.45) is 5.10 Å². The second-order valence-corrected chi connectivity index (χ2v) is 4.79. The van der Waals surface area contributed by atoms with E-state index in [0.717, 1.165) is 24.2 Å². The van der Waals surface area contributed by atoms with E-state index < -0.39 is 5.97 Å². The molecule has 0 heterocycles. The van der Waals surface area contributed by atoms with Gasteiger partial charge < -0.3 is 5.11 Å². The quantitative estimate of drug-likeness (QED) is 0.840. The summed E-state index contributed by atoms with van der Waals surface area (Å²) >= 11 is 0. The Balaban J connectivity index is 1.68. The van der Waals surface area contributed by atoms with Crippen LogP contribution in [0.4, 0.5) is 5.69 Å². The zero-order chi connectivity index (χ0) is 13.9. The van der Waals surface area contributed by atoms with Crippen molar-refractivity contribution in [3.63, 3.8) is 0 Å². The molecule has 0 spiro atoms. The Morgan fingerprint density at radius 2 is 1.60 bits per heavy atom. The number of carbonyl (C=O) groups is 1. The van der Waals surface area contributed by atoms with Gasteiger partial charge in [-0.2, -0.15) is 5.10 Å². The molecule has 1 aliphatic carbocycles. The Hall–Kier alpha value is -2.62. The number of rotatable bonds is 3. The molecule has 0 saturated carbocycles. The molecule has 0 amide bonds. The van der Waals surface area contributed by atoms with E-state index in [1.165, 1.54) is 11.1 Å². The smallest absolute Gasteiger partial charge is 0.335 e. The number of anilines is 1. The van der Waals surface area contributed by atoms with Gasteiger partial charge in [-0.25, -0.2) is 4.79 Å². The van der Waals surface area contributed by atoms with Crippen LogP contribution in [0.5, 0.6) is 0 Å². The van der Waals surface area contributed by atoms with Gasteiger partial charge in [0.25, 0.3) is 0 Å². The molecule has 0 unspecified atom stereocenters. The van der Waals surface area contributed by atoms with Crippen molar-refractivity contribution in [2.45, 2.75) is 12.8 Å². The average Bonchev–Trinajstić information content (AvgIpc) is 2.88. The highest BCUT2D eigenvalue weighted by atomic mass is 16.4. The van der Waals surface area contributed by atoms with Crippen molar-refractivity contribution in [2.75, 3.05) is 5.43 Å². The third kappa shape index (κ3) is 2.54. The van der Waals surface area contributed by atoms with Crippen LogP contribution in [-0.4, -0.2) is 16.8 Å². The summed E-state index contributed by atoms with van der Waals surface area (Å²) in [6.07, 6.45) is 1.74. The first-order chi connectivity index (χ1) is 9.72. The highest BCUT2D eigenvalue weighted by Crippen LogP contribution is 2.20. The molecule has 2 aromatic rings. The van der Waals surface area contributed by atoms with Crippen LogP contribution in [-0.2, 0) is 12.8 Å². The second kappa shape index (κ2) is 5.17. The van der Waals surface area contributed by atoms with E-state index in [-0.39, 0.29) is 5.56 Å².